The van der Waals surface area contributed by atoms with Gasteiger partial charge >= 0.3 is 12.1 Å². The van der Waals surface area contributed by atoms with Crippen molar-refractivity contribution in [3.05, 3.63) is 83.7 Å². The highest BCUT2D eigenvalue weighted by atomic mass is 16.5. The Balaban J connectivity index is 1.30. The predicted octanol–water partition coefficient (Wildman–Crippen LogP) is 4.28. The molecule has 0 radical (unpaired) electrons. The van der Waals surface area contributed by atoms with E-state index in [1.165, 1.54) is 12.3 Å². The fourth-order valence-corrected chi connectivity index (χ4v) is 3.97. The van der Waals surface area contributed by atoms with Crippen molar-refractivity contribution in [3.8, 4) is 11.1 Å². The van der Waals surface area contributed by atoms with Crippen LogP contribution < -0.4 is 10.6 Å². The Hall–Kier alpha value is -4.20. The van der Waals surface area contributed by atoms with E-state index < -0.39 is 23.9 Å². The van der Waals surface area contributed by atoms with Crippen LogP contribution in [0.5, 0.6) is 0 Å². The quantitative estimate of drug-likeness (QED) is 0.463. The van der Waals surface area contributed by atoms with Crippen LogP contribution in [0, 0.1) is 5.92 Å². The first kappa shape index (κ1) is 23.0. The summed E-state index contributed by atoms with van der Waals surface area (Å²) in [5.41, 5.74) is 5.14. The number of aliphatic carboxylic acids is 1. The molecule has 2 amide bonds. The number of nitrogens with one attached hydrogen (secondary N) is 2. The molecule has 34 heavy (non-hydrogen) atoms. The number of anilines is 1. The molecule has 1 aliphatic carbocycles. The lowest BCUT2D eigenvalue weighted by molar-refractivity contribution is -0.141. The maximum Gasteiger partial charge on any atom is 0.411 e. The van der Waals surface area contributed by atoms with Crippen molar-refractivity contribution >= 4 is 23.7 Å². The zero-order chi connectivity index (χ0) is 24.1. The Morgan fingerprint density at radius 1 is 1.00 bits per heavy atom. The Kier molecular flexibility index (Phi) is 6.87. The molecule has 3 aromatic rings. The topological polar surface area (TPSA) is 118 Å². The fraction of sp³-hybridized carbons (Fsp3) is 0.231. The number of carbonyl (C=O) groups excluding carboxylic acids is 2. The SMILES string of the molecule is CC(CCNC(=O)c1ccc(NC(=O)OCC2c3ccccc3-c3ccccc32)cn1)C(=O)O. The van der Waals surface area contributed by atoms with Crippen LogP contribution in [0.2, 0.25) is 0 Å². The summed E-state index contributed by atoms with van der Waals surface area (Å²) in [5.74, 6) is -1.90. The molecule has 8 heteroatoms. The molecule has 0 bridgehead atoms. The lowest BCUT2D eigenvalue weighted by Gasteiger charge is -2.14. The third-order valence-corrected chi connectivity index (χ3v) is 5.87. The van der Waals surface area contributed by atoms with E-state index in [1.54, 1.807) is 13.0 Å². The molecule has 2 aromatic carbocycles. The summed E-state index contributed by atoms with van der Waals surface area (Å²) < 4.78 is 5.51. The summed E-state index contributed by atoms with van der Waals surface area (Å²) in [7, 11) is 0. The molecule has 0 saturated heterocycles. The van der Waals surface area contributed by atoms with Crippen LogP contribution in [0.4, 0.5) is 10.5 Å². The molecule has 1 aromatic heterocycles. The molecule has 3 N–H and O–H groups in total. The zero-order valence-corrected chi connectivity index (χ0v) is 18.7. The molecule has 0 aliphatic heterocycles. The number of hydrogen-bond acceptors (Lipinski definition) is 5. The summed E-state index contributed by atoms with van der Waals surface area (Å²) in [4.78, 5) is 39.4. The van der Waals surface area contributed by atoms with Gasteiger partial charge in [0.2, 0.25) is 0 Å². The van der Waals surface area contributed by atoms with Crippen molar-refractivity contribution in [2.24, 2.45) is 5.92 Å². The van der Waals surface area contributed by atoms with E-state index >= 15 is 0 Å². The summed E-state index contributed by atoms with van der Waals surface area (Å²) in [6.07, 6.45) is 1.09. The van der Waals surface area contributed by atoms with Crippen molar-refractivity contribution in [3.63, 3.8) is 0 Å². The number of carboxylic acids is 1. The van der Waals surface area contributed by atoms with Crippen LogP contribution in [0.15, 0.2) is 66.9 Å². The van der Waals surface area contributed by atoms with E-state index in [-0.39, 0.29) is 24.8 Å². The number of carboxylic acid groups (broad SMARTS) is 1. The van der Waals surface area contributed by atoms with Crippen LogP contribution in [-0.2, 0) is 9.53 Å². The second kappa shape index (κ2) is 10.2. The van der Waals surface area contributed by atoms with E-state index in [9.17, 15) is 14.4 Å². The number of fused-ring (bicyclic) bond motifs is 3. The Labute approximate surface area is 197 Å². The predicted molar refractivity (Wildman–Crippen MR) is 127 cm³/mol. The second-order valence-electron chi connectivity index (χ2n) is 8.17. The molecular formula is C26H25N3O5. The van der Waals surface area contributed by atoms with E-state index in [0.717, 1.165) is 22.3 Å². The first-order chi connectivity index (χ1) is 16.4. The van der Waals surface area contributed by atoms with Gasteiger partial charge in [0.15, 0.2) is 0 Å². The minimum atomic E-state index is -0.906. The summed E-state index contributed by atoms with van der Waals surface area (Å²) in [6, 6.07) is 19.3. The van der Waals surface area contributed by atoms with Gasteiger partial charge in [-0.15, -0.1) is 0 Å². The average Bonchev–Trinajstić information content (AvgIpc) is 3.16. The van der Waals surface area contributed by atoms with E-state index in [4.69, 9.17) is 9.84 Å². The second-order valence-corrected chi connectivity index (χ2v) is 8.17. The number of benzene rings is 2. The van der Waals surface area contributed by atoms with Crippen LogP contribution in [-0.4, -0.2) is 41.2 Å². The third kappa shape index (κ3) is 5.06. The van der Waals surface area contributed by atoms with Gasteiger partial charge < -0.3 is 15.2 Å². The van der Waals surface area contributed by atoms with E-state index in [0.29, 0.717) is 12.1 Å². The molecule has 4 rings (SSSR count). The molecule has 0 spiro atoms. The Morgan fingerprint density at radius 2 is 1.65 bits per heavy atom. The largest absolute Gasteiger partial charge is 0.481 e. The van der Waals surface area contributed by atoms with Gasteiger partial charge in [-0.1, -0.05) is 55.5 Å². The van der Waals surface area contributed by atoms with Crippen LogP contribution in [0.3, 0.4) is 0 Å². The Morgan fingerprint density at radius 3 is 2.24 bits per heavy atom. The number of amides is 2. The molecule has 1 unspecified atom stereocenters. The van der Waals surface area contributed by atoms with Crippen molar-refractivity contribution < 1.29 is 24.2 Å². The van der Waals surface area contributed by atoms with Crippen LogP contribution in [0.25, 0.3) is 11.1 Å². The summed E-state index contributed by atoms with van der Waals surface area (Å²) in [6.45, 7) is 2.01. The first-order valence-electron chi connectivity index (χ1n) is 11.0. The van der Waals surface area contributed by atoms with Gasteiger partial charge in [0.25, 0.3) is 5.91 Å². The van der Waals surface area contributed by atoms with Gasteiger partial charge in [0.05, 0.1) is 17.8 Å². The maximum atomic E-state index is 12.4. The highest BCUT2D eigenvalue weighted by Crippen LogP contribution is 2.44. The van der Waals surface area contributed by atoms with Crippen molar-refractivity contribution in [1.29, 1.82) is 0 Å². The van der Waals surface area contributed by atoms with Gasteiger partial charge in [-0.3, -0.25) is 14.9 Å². The number of ether oxygens (including phenoxy) is 1. The average molecular weight is 460 g/mol. The lowest BCUT2D eigenvalue weighted by atomic mass is 9.98. The molecule has 8 nitrogen and oxygen atoms in total. The van der Waals surface area contributed by atoms with E-state index in [2.05, 4.69) is 39.9 Å². The number of aromatic nitrogens is 1. The number of nitrogens with zero attached hydrogens (tertiary/aromatic N) is 1. The molecular weight excluding hydrogens is 434 g/mol. The Bertz CT molecular complexity index is 1160. The smallest absolute Gasteiger partial charge is 0.411 e. The highest BCUT2D eigenvalue weighted by molar-refractivity contribution is 5.93. The number of hydrogen-bond donors (Lipinski definition) is 3. The van der Waals surface area contributed by atoms with Crippen molar-refractivity contribution in [2.45, 2.75) is 19.3 Å². The molecule has 174 valence electrons. The first-order valence-corrected chi connectivity index (χ1v) is 11.0. The molecule has 0 saturated carbocycles. The van der Waals surface area contributed by atoms with E-state index in [1.807, 2.05) is 24.3 Å². The minimum Gasteiger partial charge on any atom is -0.481 e. The van der Waals surface area contributed by atoms with Gasteiger partial charge in [-0.25, -0.2) is 9.78 Å². The monoisotopic (exact) mass is 459 g/mol. The minimum absolute atomic E-state index is 0.0359. The van der Waals surface area contributed by atoms with Crippen molar-refractivity contribution in [2.75, 3.05) is 18.5 Å². The zero-order valence-electron chi connectivity index (χ0n) is 18.7. The molecule has 0 fully saturated rings. The standard InChI is InChI=1S/C26H25N3O5/c1-16(25(31)32)12-13-27-24(30)23-11-10-17(14-28-23)29-26(33)34-15-22-20-8-4-2-6-18(20)19-7-3-5-9-21(19)22/h2-11,14,16,22H,12-13,15H2,1H3,(H,27,30)(H,29,33)(H,31,32). The van der Waals surface area contributed by atoms with Crippen molar-refractivity contribution in [1.82, 2.24) is 10.3 Å². The molecule has 1 aliphatic rings. The lowest BCUT2D eigenvalue weighted by Crippen LogP contribution is -2.27. The highest BCUT2D eigenvalue weighted by Gasteiger charge is 2.29. The number of carbonyl (C=O) groups is 3. The molecule has 1 heterocycles. The number of pyridine rings is 1. The third-order valence-electron chi connectivity index (χ3n) is 5.87. The van der Waals surface area contributed by atoms with Gasteiger partial charge in [0.1, 0.15) is 12.3 Å². The number of rotatable bonds is 8. The normalized spacial score (nSPS) is 12.9. The van der Waals surface area contributed by atoms with Gasteiger partial charge in [0, 0.05) is 12.5 Å². The van der Waals surface area contributed by atoms with Crippen LogP contribution in [0.1, 0.15) is 40.9 Å². The maximum absolute atomic E-state index is 12.4. The molecule has 1 atom stereocenters. The summed E-state index contributed by atoms with van der Waals surface area (Å²) in [5, 5.41) is 14.1. The van der Waals surface area contributed by atoms with Gasteiger partial charge in [-0.05, 0) is 40.8 Å². The fourth-order valence-electron chi connectivity index (χ4n) is 3.97. The van der Waals surface area contributed by atoms with Crippen LogP contribution >= 0.6 is 0 Å². The van der Waals surface area contributed by atoms with Gasteiger partial charge in [-0.2, -0.15) is 0 Å². The summed E-state index contributed by atoms with van der Waals surface area (Å²) >= 11 is 0.